The summed E-state index contributed by atoms with van der Waals surface area (Å²) >= 11 is 0. The molecule has 1 saturated carbocycles. The first-order valence-electron chi connectivity index (χ1n) is 5.84. The molecule has 2 aromatic rings. The van der Waals surface area contributed by atoms with Crippen molar-refractivity contribution in [2.75, 3.05) is 0 Å². The number of imidazole rings is 1. The zero-order valence-electron chi connectivity index (χ0n) is 9.95. The minimum absolute atomic E-state index is 0. The lowest BCUT2D eigenvalue weighted by atomic mass is 9.77. The van der Waals surface area contributed by atoms with Crippen LogP contribution in [0.15, 0.2) is 23.2 Å². The molecule has 98 valence electrons. The first-order chi connectivity index (χ1) is 8.26. The van der Waals surface area contributed by atoms with E-state index < -0.39 is 0 Å². The molecule has 1 aliphatic rings. The Morgan fingerprint density at radius 2 is 2.28 bits per heavy atom. The monoisotopic (exact) mass is 269 g/mol. The molecule has 2 N–H and O–H groups in total. The van der Waals surface area contributed by atoms with Gasteiger partial charge in [0.05, 0.1) is 11.9 Å². The Bertz CT molecular complexity index is 491. The number of hydrogen-bond acceptors (Lipinski definition) is 5. The van der Waals surface area contributed by atoms with E-state index in [1.54, 1.807) is 12.5 Å². The van der Waals surface area contributed by atoms with Crippen LogP contribution in [-0.2, 0) is 18.5 Å². The largest absolute Gasteiger partial charge is 0.339 e. The van der Waals surface area contributed by atoms with Gasteiger partial charge in [0.25, 0.3) is 0 Å². The van der Waals surface area contributed by atoms with Crippen molar-refractivity contribution in [3.8, 4) is 0 Å². The van der Waals surface area contributed by atoms with E-state index in [0.29, 0.717) is 18.1 Å². The number of nitrogens with two attached hydrogens (primary N) is 1. The Kier molecular flexibility index (Phi) is 3.68. The van der Waals surface area contributed by atoms with Crippen LogP contribution in [0.25, 0.3) is 0 Å². The van der Waals surface area contributed by atoms with Gasteiger partial charge >= 0.3 is 0 Å². The molecule has 0 atom stereocenters. The van der Waals surface area contributed by atoms with Crippen molar-refractivity contribution in [1.29, 1.82) is 0 Å². The van der Waals surface area contributed by atoms with E-state index in [0.717, 1.165) is 25.8 Å². The van der Waals surface area contributed by atoms with E-state index in [2.05, 4.69) is 15.1 Å². The van der Waals surface area contributed by atoms with Crippen molar-refractivity contribution in [2.24, 2.45) is 5.73 Å². The molecule has 0 amide bonds. The van der Waals surface area contributed by atoms with Crippen LogP contribution in [0, 0.1) is 0 Å². The predicted molar refractivity (Wildman–Crippen MR) is 67.2 cm³/mol. The fourth-order valence-corrected chi connectivity index (χ4v) is 1.98. The molecule has 0 radical (unpaired) electrons. The maximum Gasteiger partial charge on any atom is 0.228 e. The molecule has 2 heterocycles. The van der Waals surface area contributed by atoms with Crippen LogP contribution in [0.5, 0.6) is 0 Å². The van der Waals surface area contributed by atoms with Gasteiger partial charge in [-0.2, -0.15) is 4.98 Å². The summed E-state index contributed by atoms with van der Waals surface area (Å²) in [6, 6.07) is 0. The number of rotatable bonds is 4. The van der Waals surface area contributed by atoms with E-state index in [1.807, 2.05) is 10.8 Å². The average Bonchev–Trinajstić information content (AvgIpc) is 2.94. The molecule has 0 saturated heterocycles. The minimum atomic E-state index is -0.337. The molecule has 0 bridgehead atoms. The van der Waals surface area contributed by atoms with Gasteiger partial charge in [0.15, 0.2) is 5.82 Å². The summed E-state index contributed by atoms with van der Waals surface area (Å²) < 4.78 is 7.19. The fourth-order valence-electron chi connectivity index (χ4n) is 1.98. The lowest BCUT2D eigenvalue weighted by Gasteiger charge is -2.34. The number of halogens is 1. The van der Waals surface area contributed by atoms with Crippen LogP contribution < -0.4 is 5.73 Å². The molecule has 1 fully saturated rings. The second-order valence-corrected chi connectivity index (χ2v) is 4.57. The summed E-state index contributed by atoms with van der Waals surface area (Å²) in [6.45, 7) is 0.791. The number of hydrogen-bond donors (Lipinski definition) is 1. The topological polar surface area (TPSA) is 82.8 Å². The van der Waals surface area contributed by atoms with Gasteiger partial charge in [0, 0.05) is 25.4 Å². The summed E-state index contributed by atoms with van der Waals surface area (Å²) in [5.41, 5.74) is 5.79. The van der Waals surface area contributed by atoms with E-state index in [1.165, 1.54) is 0 Å². The molecule has 1 aliphatic carbocycles. The number of nitrogens with zero attached hydrogens (tertiary/aromatic N) is 4. The molecule has 0 aliphatic heterocycles. The van der Waals surface area contributed by atoms with Crippen molar-refractivity contribution in [3.05, 3.63) is 30.4 Å². The zero-order valence-corrected chi connectivity index (χ0v) is 10.8. The Morgan fingerprint density at radius 1 is 1.44 bits per heavy atom. The summed E-state index contributed by atoms with van der Waals surface area (Å²) in [6.07, 6.45) is 9.19. The van der Waals surface area contributed by atoms with Gasteiger partial charge in [-0.05, 0) is 19.3 Å². The van der Waals surface area contributed by atoms with Crippen LogP contribution >= 0.6 is 12.4 Å². The van der Waals surface area contributed by atoms with Crippen molar-refractivity contribution >= 4 is 12.4 Å². The lowest BCUT2D eigenvalue weighted by Crippen LogP contribution is -2.44. The standard InChI is InChI=1S/C11H15N5O.ClH/c12-11(3-1-4-11)10-14-9(17-15-10)2-6-16-7-5-13-8-16;/h5,7-8H,1-4,6,12H2;1H. The Balaban J connectivity index is 0.00000120. The third-order valence-electron chi connectivity index (χ3n) is 3.30. The number of aryl methyl sites for hydroxylation is 2. The Hall–Kier alpha value is -1.40. The van der Waals surface area contributed by atoms with Gasteiger partial charge in [-0.1, -0.05) is 5.16 Å². The predicted octanol–water partition coefficient (Wildman–Crippen LogP) is 1.27. The maximum atomic E-state index is 6.13. The molecule has 6 nitrogen and oxygen atoms in total. The van der Waals surface area contributed by atoms with Gasteiger partial charge in [0.2, 0.25) is 5.89 Å². The van der Waals surface area contributed by atoms with Gasteiger partial charge in [-0.15, -0.1) is 12.4 Å². The van der Waals surface area contributed by atoms with Crippen molar-refractivity contribution in [3.63, 3.8) is 0 Å². The molecule has 0 aromatic carbocycles. The fraction of sp³-hybridized carbons (Fsp3) is 0.545. The van der Waals surface area contributed by atoms with E-state index in [-0.39, 0.29) is 17.9 Å². The Labute approximate surface area is 111 Å². The molecule has 18 heavy (non-hydrogen) atoms. The summed E-state index contributed by atoms with van der Waals surface area (Å²) in [7, 11) is 0. The highest BCUT2D eigenvalue weighted by molar-refractivity contribution is 5.85. The third-order valence-corrected chi connectivity index (χ3v) is 3.30. The van der Waals surface area contributed by atoms with Crippen molar-refractivity contribution < 1.29 is 4.52 Å². The smallest absolute Gasteiger partial charge is 0.228 e. The highest BCUT2D eigenvalue weighted by Gasteiger charge is 2.38. The van der Waals surface area contributed by atoms with Crippen LogP contribution in [0.1, 0.15) is 31.0 Å². The van der Waals surface area contributed by atoms with E-state index in [9.17, 15) is 0 Å². The van der Waals surface area contributed by atoms with E-state index in [4.69, 9.17) is 10.3 Å². The van der Waals surface area contributed by atoms with Gasteiger partial charge in [0.1, 0.15) is 0 Å². The SMILES string of the molecule is Cl.NC1(c2noc(CCn3ccnc3)n2)CCC1. The number of aromatic nitrogens is 4. The molecule has 0 unspecified atom stereocenters. The first kappa shape index (κ1) is 13.0. The van der Waals surface area contributed by atoms with Gasteiger partial charge in [-0.3, -0.25) is 0 Å². The summed E-state index contributed by atoms with van der Waals surface area (Å²) in [4.78, 5) is 8.34. The normalized spacial score (nSPS) is 16.9. The van der Waals surface area contributed by atoms with Gasteiger partial charge in [-0.25, -0.2) is 4.98 Å². The molecular weight excluding hydrogens is 254 g/mol. The van der Waals surface area contributed by atoms with Crippen LogP contribution in [0.4, 0.5) is 0 Å². The first-order valence-corrected chi connectivity index (χ1v) is 5.84. The second kappa shape index (κ2) is 5.07. The minimum Gasteiger partial charge on any atom is -0.339 e. The highest BCUT2D eigenvalue weighted by Crippen LogP contribution is 2.36. The quantitative estimate of drug-likeness (QED) is 0.904. The zero-order chi connectivity index (χ0) is 11.7. The molecule has 2 aromatic heterocycles. The summed E-state index contributed by atoms with van der Waals surface area (Å²) in [5.74, 6) is 1.30. The molecule has 3 rings (SSSR count). The van der Waals surface area contributed by atoms with Crippen LogP contribution in [0.3, 0.4) is 0 Å². The van der Waals surface area contributed by atoms with Crippen LogP contribution in [0.2, 0.25) is 0 Å². The van der Waals surface area contributed by atoms with Crippen molar-refractivity contribution in [2.45, 2.75) is 37.8 Å². The van der Waals surface area contributed by atoms with Crippen LogP contribution in [-0.4, -0.2) is 19.7 Å². The maximum absolute atomic E-state index is 6.13. The average molecular weight is 270 g/mol. The van der Waals surface area contributed by atoms with E-state index >= 15 is 0 Å². The second-order valence-electron chi connectivity index (χ2n) is 4.57. The molecular formula is C11H16ClN5O. The summed E-state index contributed by atoms with van der Waals surface area (Å²) in [5, 5.41) is 3.97. The Morgan fingerprint density at radius 3 is 2.89 bits per heavy atom. The van der Waals surface area contributed by atoms with Gasteiger partial charge < -0.3 is 14.8 Å². The molecule has 0 spiro atoms. The highest BCUT2D eigenvalue weighted by atomic mass is 35.5. The van der Waals surface area contributed by atoms with Crippen molar-refractivity contribution in [1.82, 2.24) is 19.7 Å². The third kappa shape index (κ3) is 2.39. The molecule has 7 heteroatoms. The lowest BCUT2D eigenvalue weighted by molar-refractivity contribution is 0.229.